The molecule has 1 aliphatic heterocycles. The van der Waals surface area contributed by atoms with Crippen molar-refractivity contribution in [2.45, 2.75) is 78.7 Å². The van der Waals surface area contributed by atoms with Crippen molar-refractivity contribution in [2.75, 3.05) is 13.1 Å². The SMILES string of the molecule is CCCCC(CC)CC1CN(C(=O)OC(C)(C)C)CCC1=O. The highest BCUT2D eigenvalue weighted by Gasteiger charge is 2.33. The van der Waals surface area contributed by atoms with Crippen LogP contribution in [0.5, 0.6) is 0 Å². The summed E-state index contributed by atoms with van der Waals surface area (Å²) in [5.74, 6) is 0.894. The maximum Gasteiger partial charge on any atom is 0.410 e. The fourth-order valence-electron chi connectivity index (χ4n) is 2.99. The van der Waals surface area contributed by atoms with Crippen LogP contribution in [0, 0.1) is 11.8 Å². The molecule has 128 valence electrons. The van der Waals surface area contributed by atoms with E-state index in [1.54, 1.807) is 4.90 Å². The normalized spacial score (nSPS) is 20.9. The number of unbranched alkanes of at least 4 members (excludes halogenated alkanes) is 1. The van der Waals surface area contributed by atoms with Crippen LogP contribution in [0.1, 0.15) is 73.1 Å². The lowest BCUT2D eigenvalue weighted by atomic mass is 9.84. The van der Waals surface area contributed by atoms with Crippen molar-refractivity contribution in [2.24, 2.45) is 11.8 Å². The molecule has 1 fully saturated rings. The molecule has 2 unspecified atom stereocenters. The first-order valence-electron chi connectivity index (χ1n) is 8.77. The van der Waals surface area contributed by atoms with E-state index in [9.17, 15) is 9.59 Å². The van der Waals surface area contributed by atoms with Gasteiger partial charge in [0.1, 0.15) is 11.4 Å². The number of likely N-dealkylation sites (tertiary alicyclic amines) is 1. The number of hydrogen-bond donors (Lipinski definition) is 0. The Morgan fingerprint density at radius 1 is 1.36 bits per heavy atom. The summed E-state index contributed by atoms with van der Waals surface area (Å²) in [6.45, 7) is 11.0. The first-order chi connectivity index (χ1) is 10.3. The lowest BCUT2D eigenvalue weighted by molar-refractivity contribution is -0.126. The number of carbonyl (C=O) groups excluding carboxylic acids is 2. The molecule has 1 amide bonds. The Labute approximate surface area is 135 Å². The van der Waals surface area contributed by atoms with Gasteiger partial charge in [-0.15, -0.1) is 0 Å². The summed E-state index contributed by atoms with van der Waals surface area (Å²) < 4.78 is 5.43. The van der Waals surface area contributed by atoms with Crippen LogP contribution in [0.25, 0.3) is 0 Å². The predicted octanol–water partition coefficient (Wildman–Crippen LogP) is 4.42. The van der Waals surface area contributed by atoms with Gasteiger partial charge in [-0.05, 0) is 33.1 Å². The average molecular weight is 311 g/mol. The Morgan fingerprint density at radius 2 is 2.05 bits per heavy atom. The first-order valence-corrected chi connectivity index (χ1v) is 8.77. The van der Waals surface area contributed by atoms with E-state index in [0.29, 0.717) is 31.2 Å². The predicted molar refractivity (Wildman–Crippen MR) is 88.8 cm³/mol. The third-order valence-electron chi connectivity index (χ3n) is 4.34. The number of rotatable bonds is 6. The topological polar surface area (TPSA) is 46.6 Å². The third kappa shape index (κ3) is 6.37. The Kier molecular flexibility index (Phi) is 7.37. The fraction of sp³-hybridized carbons (Fsp3) is 0.889. The van der Waals surface area contributed by atoms with Gasteiger partial charge >= 0.3 is 6.09 Å². The van der Waals surface area contributed by atoms with Crippen LogP contribution in [0.2, 0.25) is 0 Å². The maximum atomic E-state index is 12.2. The zero-order chi connectivity index (χ0) is 16.8. The summed E-state index contributed by atoms with van der Waals surface area (Å²) in [5, 5.41) is 0. The van der Waals surface area contributed by atoms with Crippen molar-refractivity contribution in [1.29, 1.82) is 0 Å². The van der Waals surface area contributed by atoms with Crippen LogP contribution in [-0.2, 0) is 9.53 Å². The second kappa shape index (κ2) is 8.54. The van der Waals surface area contributed by atoms with Crippen LogP contribution >= 0.6 is 0 Å². The smallest absolute Gasteiger partial charge is 0.410 e. The molecule has 4 nitrogen and oxygen atoms in total. The molecular formula is C18H33NO3. The van der Waals surface area contributed by atoms with Gasteiger partial charge in [0, 0.05) is 25.4 Å². The van der Waals surface area contributed by atoms with Gasteiger partial charge in [0.25, 0.3) is 0 Å². The molecule has 1 saturated heterocycles. The van der Waals surface area contributed by atoms with Crippen LogP contribution < -0.4 is 0 Å². The molecule has 0 bridgehead atoms. The van der Waals surface area contributed by atoms with E-state index in [4.69, 9.17) is 4.74 Å². The van der Waals surface area contributed by atoms with E-state index in [1.165, 1.54) is 19.3 Å². The number of carbonyl (C=O) groups is 2. The van der Waals surface area contributed by atoms with Gasteiger partial charge in [0.2, 0.25) is 0 Å². The number of hydrogen-bond acceptors (Lipinski definition) is 3. The number of ether oxygens (including phenoxy) is 1. The zero-order valence-electron chi connectivity index (χ0n) is 15.0. The Morgan fingerprint density at radius 3 is 2.59 bits per heavy atom. The van der Waals surface area contributed by atoms with Crippen molar-refractivity contribution in [1.82, 2.24) is 4.90 Å². The second-order valence-corrected chi connectivity index (χ2v) is 7.49. The maximum absolute atomic E-state index is 12.2. The van der Waals surface area contributed by atoms with Crippen molar-refractivity contribution < 1.29 is 14.3 Å². The lowest BCUT2D eigenvalue weighted by Crippen LogP contribution is -2.46. The number of ketones is 1. The largest absolute Gasteiger partial charge is 0.444 e. The van der Waals surface area contributed by atoms with Crippen molar-refractivity contribution in [3.05, 3.63) is 0 Å². The molecule has 0 radical (unpaired) electrons. The van der Waals surface area contributed by atoms with Gasteiger partial charge in [0.05, 0.1) is 0 Å². The lowest BCUT2D eigenvalue weighted by Gasteiger charge is -2.34. The summed E-state index contributed by atoms with van der Waals surface area (Å²) in [6.07, 6.45) is 5.79. The highest BCUT2D eigenvalue weighted by atomic mass is 16.6. The molecule has 1 aliphatic rings. The van der Waals surface area contributed by atoms with Crippen LogP contribution in [-0.4, -0.2) is 35.5 Å². The molecule has 0 aromatic carbocycles. The molecule has 0 N–H and O–H groups in total. The average Bonchev–Trinajstić information content (AvgIpc) is 2.43. The molecular weight excluding hydrogens is 278 g/mol. The van der Waals surface area contributed by atoms with Crippen molar-refractivity contribution in [3.63, 3.8) is 0 Å². The van der Waals surface area contributed by atoms with Gasteiger partial charge in [-0.25, -0.2) is 4.79 Å². The van der Waals surface area contributed by atoms with Gasteiger partial charge in [-0.1, -0.05) is 39.5 Å². The first kappa shape index (κ1) is 19.0. The van der Waals surface area contributed by atoms with E-state index in [-0.39, 0.29) is 12.0 Å². The quantitative estimate of drug-likeness (QED) is 0.729. The number of amides is 1. The molecule has 4 heteroatoms. The van der Waals surface area contributed by atoms with Gasteiger partial charge in [-0.2, -0.15) is 0 Å². The van der Waals surface area contributed by atoms with Crippen LogP contribution in [0.4, 0.5) is 4.79 Å². The minimum absolute atomic E-state index is 0.0110. The number of Topliss-reactive ketones (excluding diaryl/α,β-unsaturated/α-hetero) is 1. The molecule has 0 aromatic heterocycles. The Hall–Kier alpha value is -1.06. The van der Waals surface area contributed by atoms with Crippen molar-refractivity contribution in [3.8, 4) is 0 Å². The van der Waals surface area contributed by atoms with E-state index >= 15 is 0 Å². The third-order valence-corrected chi connectivity index (χ3v) is 4.34. The minimum Gasteiger partial charge on any atom is -0.444 e. The summed E-state index contributed by atoms with van der Waals surface area (Å²) in [6, 6.07) is 0. The number of nitrogens with zero attached hydrogens (tertiary/aromatic N) is 1. The van der Waals surface area contributed by atoms with E-state index < -0.39 is 5.60 Å². The van der Waals surface area contributed by atoms with Gasteiger partial charge in [-0.3, -0.25) is 4.79 Å². The minimum atomic E-state index is -0.485. The van der Waals surface area contributed by atoms with Crippen LogP contribution in [0.15, 0.2) is 0 Å². The highest BCUT2D eigenvalue weighted by Crippen LogP contribution is 2.26. The second-order valence-electron chi connectivity index (χ2n) is 7.49. The summed E-state index contributed by atoms with van der Waals surface area (Å²) in [4.78, 5) is 26.1. The summed E-state index contributed by atoms with van der Waals surface area (Å²) in [7, 11) is 0. The molecule has 1 heterocycles. The fourth-order valence-corrected chi connectivity index (χ4v) is 2.99. The zero-order valence-corrected chi connectivity index (χ0v) is 15.0. The standard InChI is InChI=1S/C18H33NO3/c1-6-8-9-14(7-2)12-15-13-19(11-10-16(15)20)17(21)22-18(3,4)5/h14-15H,6-13H2,1-5H3. The van der Waals surface area contributed by atoms with Gasteiger partial charge in [0.15, 0.2) is 0 Å². The molecule has 0 aliphatic carbocycles. The van der Waals surface area contributed by atoms with Crippen LogP contribution in [0.3, 0.4) is 0 Å². The van der Waals surface area contributed by atoms with E-state index in [1.807, 2.05) is 20.8 Å². The van der Waals surface area contributed by atoms with E-state index in [0.717, 1.165) is 12.8 Å². The molecule has 1 rings (SSSR count). The monoisotopic (exact) mass is 311 g/mol. The Balaban J connectivity index is 2.59. The molecule has 0 aromatic rings. The Bertz CT molecular complexity index is 373. The molecule has 0 spiro atoms. The molecule has 2 atom stereocenters. The van der Waals surface area contributed by atoms with Gasteiger partial charge < -0.3 is 9.64 Å². The highest BCUT2D eigenvalue weighted by molar-refractivity contribution is 5.84. The molecule has 22 heavy (non-hydrogen) atoms. The summed E-state index contributed by atoms with van der Waals surface area (Å²) >= 11 is 0. The molecule has 0 saturated carbocycles. The van der Waals surface area contributed by atoms with Crippen molar-refractivity contribution >= 4 is 11.9 Å². The summed E-state index contributed by atoms with van der Waals surface area (Å²) in [5.41, 5.74) is -0.485. The number of piperidine rings is 1. The van der Waals surface area contributed by atoms with E-state index in [2.05, 4.69) is 13.8 Å².